The van der Waals surface area contributed by atoms with Crippen LogP contribution in [0.2, 0.25) is 0 Å². The molecule has 0 atom stereocenters. The van der Waals surface area contributed by atoms with Crippen LogP contribution in [0.3, 0.4) is 0 Å². The fourth-order valence-electron chi connectivity index (χ4n) is 2.68. The van der Waals surface area contributed by atoms with Crippen molar-refractivity contribution in [2.45, 2.75) is 26.8 Å². The number of nitrogens with zero attached hydrogens (tertiary/aromatic N) is 3. The predicted molar refractivity (Wildman–Crippen MR) is 112 cm³/mol. The minimum Gasteiger partial charge on any atom is -0.382 e. The Labute approximate surface area is 160 Å². The SMILES string of the molecule is Cc1cnc(-c2cnc(Nc3ccc4ncsc4c3)cc2NC(C)C)s1. The smallest absolute Gasteiger partial charge is 0.132 e. The molecule has 0 aliphatic carbocycles. The minimum atomic E-state index is 0.318. The van der Waals surface area contributed by atoms with E-state index in [1.807, 2.05) is 36.1 Å². The average molecular weight is 382 g/mol. The van der Waals surface area contributed by atoms with Crippen molar-refractivity contribution in [2.24, 2.45) is 0 Å². The van der Waals surface area contributed by atoms with E-state index in [9.17, 15) is 0 Å². The number of anilines is 3. The molecular formula is C19H19N5S2. The van der Waals surface area contributed by atoms with Crippen LogP contribution in [-0.4, -0.2) is 21.0 Å². The van der Waals surface area contributed by atoms with Crippen molar-refractivity contribution in [1.82, 2.24) is 15.0 Å². The maximum absolute atomic E-state index is 4.60. The third-order valence-electron chi connectivity index (χ3n) is 3.80. The first kappa shape index (κ1) is 16.9. The van der Waals surface area contributed by atoms with E-state index in [0.29, 0.717) is 6.04 Å². The highest BCUT2D eigenvalue weighted by Crippen LogP contribution is 2.33. The number of fused-ring (bicyclic) bond motifs is 1. The molecule has 2 N–H and O–H groups in total. The number of aromatic nitrogens is 3. The summed E-state index contributed by atoms with van der Waals surface area (Å²) >= 11 is 3.31. The second kappa shape index (κ2) is 7.01. The van der Waals surface area contributed by atoms with Crippen molar-refractivity contribution in [3.05, 3.63) is 47.0 Å². The van der Waals surface area contributed by atoms with Crippen molar-refractivity contribution in [2.75, 3.05) is 10.6 Å². The van der Waals surface area contributed by atoms with E-state index >= 15 is 0 Å². The Balaban J connectivity index is 1.67. The predicted octanol–water partition coefficient (Wildman–Crippen LogP) is 5.69. The van der Waals surface area contributed by atoms with Gasteiger partial charge in [0.05, 0.1) is 21.3 Å². The summed E-state index contributed by atoms with van der Waals surface area (Å²) < 4.78 is 1.16. The molecule has 0 fully saturated rings. The molecule has 0 aliphatic rings. The Kier molecular flexibility index (Phi) is 4.57. The van der Waals surface area contributed by atoms with Crippen LogP contribution in [-0.2, 0) is 0 Å². The number of pyridine rings is 1. The normalized spacial score (nSPS) is 11.2. The standard InChI is InChI=1S/C19H19N5S2/c1-11(2)23-16-7-18(20-9-14(16)19-21-8-12(3)26-19)24-13-4-5-15-17(6-13)25-10-22-15/h4-11H,1-3H3,(H2,20,23,24). The van der Waals surface area contributed by atoms with Crippen molar-refractivity contribution >= 4 is 50.1 Å². The van der Waals surface area contributed by atoms with Crippen molar-refractivity contribution in [3.8, 4) is 10.6 Å². The Morgan fingerprint density at radius 1 is 1.04 bits per heavy atom. The molecule has 4 aromatic rings. The molecule has 0 spiro atoms. The molecule has 3 heterocycles. The van der Waals surface area contributed by atoms with Gasteiger partial charge in [0, 0.05) is 40.8 Å². The van der Waals surface area contributed by atoms with Crippen LogP contribution < -0.4 is 10.6 Å². The summed E-state index contributed by atoms with van der Waals surface area (Å²) in [5.74, 6) is 0.800. The van der Waals surface area contributed by atoms with E-state index < -0.39 is 0 Å². The lowest BCUT2D eigenvalue weighted by molar-refractivity contribution is 0.899. The molecule has 4 rings (SSSR count). The van der Waals surface area contributed by atoms with Crippen LogP contribution in [0, 0.1) is 6.92 Å². The number of aryl methyl sites for hydroxylation is 1. The van der Waals surface area contributed by atoms with Crippen LogP contribution >= 0.6 is 22.7 Å². The summed E-state index contributed by atoms with van der Waals surface area (Å²) in [7, 11) is 0. The van der Waals surface area contributed by atoms with Gasteiger partial charge in [-0.3, -0.25) is 0 Å². The summed E-state index contributed by atoms with van der Waals surface area (Å²) in [5.41, 5.74) is 5.95. The number of hydrogen-bond acceptors (Lipinski definition) is 7. The van der Waals surface area contributed by atoms with E-state index in [2.05, 4.69) is 52.4 Å². The molecule has 0 aliphatic heterocycles. The van der Waals surface area contributed by atoms with E-state index in [4.69, 9.17) is 0 Å². The minimum absolute atomic E-state index is 0.318. The van der Waals surface area contributed by atoms with Gasteiger partial charge in [0.15, 0.2) is 0 Å². The van der Waals surface area contributed by atoms with Crippen LogP contribution in [0.1, 0.15) is 18.7 Å². The van der Waals surface area contributed by atoms with E-state index in [0.717, 1.165) is 38.0 Å². The molecule has 26 heavy (non-hydrogen) atoms. The summed E-state index contributed by atoms with van der Waals surface area (Å²) in [6.07, 6.45) is 3.78. The molecule has 1 aromatic carbocycles. The largest absolute Gasteiger partial charge is 0.382 e. The summed E-state index contributed by atoms with van der Waals surface area (Å²) in [6, 6.07) is 8.51. The third-order valence-corrected chi connectivity index (χ3v) is 5.54. The lowest BCUT2D eigenvalue weighted by atomic mass is 10.2. The Hall–Kier alpha value is -2.51. The molecule has 5 nitrogen and oxygen atoms in total. The quantitative estimate of drug-likeness (QED) is 0.465. The van der Waals surface area contributed by atoms with E-state index in [1.54, 1.807) is 22.7 Å². The van der Waals surface area contributed by atoms with Crippen LogP contribution in [0.4, 0.5) is 17.2 Å². The summed E-state index contributed by atoms with van der Waals surface area (Å²) in [6.45, 7) is 6.32. The van der Waals surface area contributed by atoms with E-state index in [-0.39, 0.29) is 0 Å². The molecular weight excluding hydrogens is 362 g/mol. The molecule has 132 valence electrons. The van der Waals surface area contributed by atoms with Gasteiger partial charge in [-0.1, -0.05) is 0 Å². The van der Waals surface area contributed by atoms with Gasteiger partial charge in [-0.05, 0) is 39.0 Å². The van der Waals surface area contributed by atoms with E-state index in [1.165, 1.54) is 4.88 Å². The highest BCUT2D eigenvalue weighted by Gasteiger charge is 2.12. The van der Waals surface area contributed by atoms with Gasteiger partial charge < -0.3 is 10.6 Å². The maximum atomic E-state index is 4.60. The van der Waals surface area contributed by atoms with Crippen molar-refractivity contribution in [3.63, 3.8) is 0 Å². The average Bonchev–Trinajstić information content (AvgIpc) is 3.23. The van der Waals surface area contributed by atoms with Crippen LogP contribution in [0.5, 0.6) is 0 Å². The van der Waals surface area contributed by atoms with Crippen LogP contribution in [0.25, 0.3) is 20.8 Å². The van der Waals surface area contributed by atoms with Crippen LogP contribution in [0.15, 0.2) is 42.2 Å². The first-order chi connectivity index (χ1) is 12.6. The molecule has 0 unspecified atom stereocenters. The number of benzene rings is 1. The van der Waals surface area contributed by atoms with Gasteiger partial charge in [0.2, 0.25) is 0 Å². The Morgan fingerprint density at radius 3 is 2.69 bits per heavy atom. The van der Waals surface area contributed by atoms with Gasteiger partial charge in [0.25, 0.3) is 0 Å². The van der Waals surface area contributed by atoms with Gasteiger partial charge in [-0.25, -0.2) is 15.0 Å². The number of nitrogens with one attached hydrogen (secondary N) is 2. The van der Waals surface area contributed by atoms with Gasteiger partial charge in [-0.15, -0.1) is 22.7 Å². The number of hydrogen-bond donors (Lipinski definition) is 2. The maximum Gasteiger partial charge on any atom is 0.132 e. The molecule has 0 saturated heterocycles. The van der Waals surface area contributed by atoms with Gasteiger partial charge in [0.1, 0.15) is 10.8 Å². The second-order valence-electron chi connectivity index (χ2n) is 6.35. The Bertz CT molecular complexity index is 1050. The highest BCUT2D eigenvalue weighted by molar-refractivity contribution is 7.16. The third kappa shape index (κ3) is 3.54. The molecule has 0 saturated carbocycles. The molecule has 7 heteroatoms. The zero-order chi connectivity index (χ0) is 18.1. The lowest BCUT2D eigenvalue weighted by Gasteiger charge is -2.15. The first-order valence-corrected chi connectivity index (χ1v) is 10.1. The van der Waals surface area contributed by atoms with Crippen molar-refractivity contribution in [1.29, 1.82) is 0 Å². The fourth-order valence-corrected chi connectivity index (χ4v) is 4.19. The monoisotopic (exact) mass is 381 g/mol. The second-order valence-corrected chi connectivity index (χ2v) is 8.47. The first-order valence-electron chi connectivity index (χ1n) is 8.38. The zero-order valence-electron chi connectivity index (χ0n) is 14.8. The molecule has 0 radical (unpaired) electrons. The zero-order valence-corrected chi connectivity index (χ0v) is 16.4. The van der Waals surface area contributed by atoms with Crippen molar-refractivity contribution < 1.29 is 0 Å². The fraction of sp³-hybridized carbons (Fsp3) is 0.211. The van der Waals surface area contributed by atoms with Gasteiger partial charge in [-0.2, -0.15) is 0 Å². The van der Waals surface area contributed by atoms with Gasteiger partial charge >= 0.3 is 0 Å². The Morgan fingerprint density at radius 2 is 1.92 bits per heavy atom. The lowest BCUT2D eigenvalue weighted by Crippen LogP contribution is -2.11. The molecule has 3 aromatic heterocycles. The molecule has 0 bridgehead atoms. The highest BCUT2D eigenvalue weighted by atomic mass is 32.1. The number of thiazole rings is 2. The summed E-state index contributed by atoms with van der Waals surface area (Å²) in [5, 5.41) is 7.89. The number of rotatable bonds is 5. The summed E-state index contributed by atoms with van der Waals surface area (Å²) in [4.78, 5) is 14.6. The molecule has 0 amide bonds. The topological polar surface area (TPSA) is 62.7 Å².